The molecule has 0 bridgehead atoms. The largest absolute Gasteiger partial charge is 0.468 e. The molecule has 2 rings (SSSR count). The van der Waals surface area contributed by atoms with Gasteiger partial charge in [0, 0.05) is 6.04 Å². The second-order valence-corrected chi connectivity index (χ2v) is 4.66. The number of likely N-dealkylation sites (N-methyl/N-ethyl adjacent to an activating group) is 1. The standard InChI is InChI=1S/C14H19NO2/c1-15(10-14(16)17-2)13-8-7-11-5-3-4-6-12(11)9-13/h3-6,13H,7-10H2,1-2H3. The number of benzene rings is 1. The number of fused-ring (bicyclic) bond motifs is 1. The molecule has 1 aliphatic rings. The quantitative estimate of drug-likeness (QED) is 0.743. The SMILES string of the molecule is COC(=O)CN(C)C1CCc2ccccc2C1. The fourth-order valence-electron chi connectivity index (χ4n) is 2.45. The molecule has 0 spiro atoms. The zero-order valence-corrected chi connectivity index (χ0v) is 10.5. The summed E-state index contributed by atoms with van der Waals surface area (Å²) < 4.78 is 4.70. The van der Waals surface area contributed by atoms with Gasteiger partial charge in [0.05, 0.1) is 13.7 Å². The third-order valence-electron chi connectivity index (χ3n) is 3.55. The fraction of sp³-hybridized carbons (Fsp3) is 0.500. The van der Waals surface area contributed by atoms with Crippen LogP contribution in [0.15, 0.2) is 24.3 Å². The highest BCUT2D eigenvalue weighted by Crippen LogP contribution is 2.23. The van der Waals surface area contributed by atoms with Crippen molar-refractivity contribution in [1.29, 1.82) is 0 Å². The van der Waals surface area contributed by atoms with Gasteiger partial charge >= 0.3 is 5.97 Å². The van der Waals surface area contributed by atoms with Crippen molar-refractivity contribution in [3.63, 3.8) is 0 Å². The van der Waals surface area contributed by atoms with Gasteiger partial charge in [-0.25, -0.2) is 0 Å². The minimum absolute atomic E-state index is 0.161. The van der Waals surface area contributed by atoms with E-state index in [1.807, 2.05) is 7.05 Å². The van der Waals surface area contributed by atoms with Crippen LogP contribution in [-0.2, 0) is 22.4 Å². The Balaban J connectivity index is 2.00. The van der Waals surface area contributed by atoms with Crippen LogP contribution in [0.3, 0.4) is 0 Å². The average Bonchev–Trinajstić information content (AvgIpc) is 2.38. The van der Waals surface area contributed by atoms with Crippen LogP contribution in [0.25, 0.3) is 0 Å². The number of esters is 1. The van der Waals surface area contributed by atoms with Crippen LogP contribution >= 0.6 is 0 Å². The van der Waals surface area contributed by atoms with Gasteiger partial charge in [-0.05, 0) is 37.4 Å². The zero-order valence-electron chi connectivity index (χ0n) is 10.5. The summed E-state index contributed by atoms with van der Waals surface area (Å²) in [5, 5.41) is 0. The summed E-state index contributed by atoms with van der Waals surface area (Å²) in [6.45, 7) is 0.378. The van der Waals surface area contributed by atoms with Gasteiger partial charge in [-0.15, -0.1) is 0 Å². The van der Waals surface area contributed by atoms with Crippen molar-refractivity contribution in [2.75, 3.05) is 20.7 Å². The van der Waals surface area contributed by atoms with E-state index in [0.29, 0.717) is 12.6 Å². The van der Waals surface area contributed by atoms with E-state index in [1.165, 1.54) is 18.2 Å². The molecule has 17 heavy (non-hydrogen) atoms. The minimum atomic E-state index is -0.161. The molecule has 3 heteroatoms. The Morgan fingerprint density at radius 2 is 2.12 bits per heavy atom. The molecule has 0 heterocycles. The molecule has 1 unspecified atom stereocenters. The first-order valence-corrected chi connectivity index (χ1v) is 6.04. The Hall–Kier alpha value is -1.35. The molecule has 0 amide bonds. The highest BCUT2D eigenvalue weighted by atomic mass is 16.5. The molecule has 0 fully saturated rings. The zero-order chi connectivity index (χ0) is 12.3. The number of rotatable bonds is 3. The third kappa shape index (κ3) is 2.86. The van der Waals surface area contributed by atoms with E-state index in [-0.39, 0.29) is 5.97 Å². The summed E-state index contributed by atoms with van der Waals surface area (Å²) in [6, 6.07) is 9.02. The third-order valence-corrected chi connectivity index (χ3v) is 3.55. The van der Waals surface area contributed by atoms with E-state index in [0.717, 1.165) is 19.3 Å². The number of carbonyl (C=O) groups excluding carboxylic acids is 1. The molecule has 92 valence electrons. The lowest BCUT2D eigenvalue weighted by atomic mass is 9.88. The van der Waals surface area contributed by atoms with Crippen molar-refractivity contribution in [2.24, 2.45) is 0 Å². The molecule has 1 atom stereocenters. The van der Waals surface area contributed by atoms with Crippen molar-refractivity contribution in [2.45, 2.75) is 25.3 Å². The van der Waals surface area contributed by atoms with Gasteiger partial charge in [0.2, 0.25) is 0 Å². The Morgan fingerprint density at radius 1 is 1.41 bits per heavy atom. The van der Waals surface area contributed by atoms with Gasteiger partial charge in [0.15, 0.2) is 0 Å². The Kier molecular flexibility index (Phi) is 3.79. The van der Waals surface area contributed by atoms with Gasteiger partial charge in [-0.2, -0.15) is 0 Å². The first-order chi connectivity index (χ1) is 8.20. The molecule has 0 aliphatic heterocycles. The first-order valence-electron chi connectivity index (χ1n) is 6.04. The lowest BCUT2D eigenvalue weighted by Crippen LogP contribution is -2.39. The van der Waals surface area contributed by atoms with Crippen LogP contribution in [0.1, 0.15) is 17.5 Å². The Labute approximate surface area is 102 Å². The van der Waals surface area contributed by atoms with Crippen LogP contribution in [0, 0.1) is 0 Å². The monoisotopic (exact) mass is 233 g/mol. The topological polar surface area (TPSA) is 29.5 Å². The van der Waals surface area contributed by atoms with Crippen molar-refractivity contribution in [3.05, 3.63) is 35.4 Å². The van der Waals surface area contributed by atoms with Crippen LogP contribution in [0.4, 0.5) is 0 Å². The van der Waals surface area contributed by atoms with Crippen molar-refractivity contribution in [3.8, 4) is 0 Å². The molecular formula is C14H19NO2. The molecule has 0 aromatic heterocycles. The van der Waals surface area contributed by atoms with E-state index < -0.39 is 0 Å². The van der Waals surface area contributed by atoms with E-state index in [2.05, 4.69) is 29.2 Å². The van der Waals surface area contributed by atoms with Crippen LogP contribution in [0.2, 0.25) is 0 Å². The summed E-state index contributed by atoms with van der Waals surface area (Å²) in [6.07, 6.45) is 3.25. The molecule has 0 N–H and O–H groups in total. The van der Waals surface area contributed by atoms with Crippen LogP contribution in [-0.4, -0.2) is 37.6 Å². The molecule has 0 radical (unpaired) electrons. The molecule has 1 aromatic rings. The minimum Gasteiger partial charge on any atom is -0.468 e. The van der Waals surface area contributed by atoms with Crippen LogP contribution < -0.4 is 0 Å². The Bertz CT molecular complexity index is 403. The summed E-state index contributed by atoms with van der Waals surface area (Å²) in [7, 11) is 3.43. The molecule has 0 saturated heterocycles. The first kappa shape index (κ1) is 12.1. The van der Waals surface area contributed by atoms with Gasteiger partial charge in [0.1, 0.15) is 0 Å². The van der Waals surface area contributed by atoms with E-state index in [1.54, 1.807) is 0 Å². The second-order valence-electron chi connectivity index (χ2n) is 4.66. The average molecular weight is 233 g/mol. The number of ether oxygens (including phenoxy) is 1. The number of carbonyl (C=O) groups is 1. The predicted octanol–water partition coefficient (Wildman–Crippen LogP) is 1.65. The normalized spacial score (nSPS) is 18.9. The summed E-state index contributed by atoms with van der Waals surface area (Å²) in [4.78, 5) is 13.3. The number of hydrogen-bond acceptors (Lipinski definition) is 3. The van der Waals surface area contributed by atoms with Gasteiger partial charge in [-0.3, -0.25) is 9.69 Å². The maximum Gasteiger partial charge on any atom is 0.319 e. The van der Waals surface area contributed by atoms with E-state index in [4.69, 9.17) is 4.74 Å². The van der Waals surface area contributed by atoms with Crippen LogP contribution in [0.5, 0.6) is 0 Å². The second kappa shape index (κ2) is 5.32. The van der Waals surface area contributed by atoms with Gasteiger partial charge < -0.3 is 4.74 Å². The highest BCUT2D eigenvalue weighted by molar-refractivity contribution is 5.71. The highest BCUT2D eigenvalue weighted by Gasteiger charge is 2.22. The van der Waals surface area contributed by atoms with Crippen molar-refractivity contribution in [1.82, 2.24) is 4.90 Å². The van der Waals surface area contributed by atoms with Gasteiger partial charge in [-0.1, -0.05) is 24.3 Å². The number of methoxy groups -OCH3 is 1. The molecule has 1 aliphatic carbocycles. The molecule has 1 aromatic carbocycles. The summed E-state index contributed by atoms with van der Waals surface area (Å²) in [5.74, 6) is -0.161. The molecular weight excluding hydrogens is 214 g/mol. The van der Waals surface area contributed by atoms with Crippen molar-refractivity contribution >= 4 is 5.97 Å². The van der Waals surface area contributed by atoms with E-state index in [9.17, 15) is 4.79 Å². The maximum absolute atomic E-state index is 11.2. The number of nitrogens with zero attached hydrogens (tertiary/aromatic N) is 1. The number of aryl methyl sites for hydroxylation is 1. The molecule has 0 saturated carbocycles. The van der Waals surface area contributed by atoms with E-state index >= 15 is 0 Å². The van der Waals surface area contributed by atoms with Gasteiger partial charge in [0.25, 0.3) is 0 Å². The van der Waals surface area contributed by atoms with Crippen molar-refractivity contribution < 1.29 is 9.53 Å². The number of hydrogen-bond donors (Lipinski definition) is 0. The summed E-state index contributed by atoms with van der Waals surface area (Å²) in [5.41, 5.74) is 2.87. The maximum atomic E-state index is 11.2. The Morgan fingerprint density at radius 3 is 2.82 bits per heavy atom. The molecule has 3 nitrogen and oxygen atoms in total. The lowest BCUT2D eigenvalue weighted by Gasteiger charge is -2.31. The smallest absolute Gasteiger partial charge is 0.319 e. The fourth-order valence-corrected chi connectivity index (χ4v) is 2.45. The lowest BCUT2D eigenvalue weighted by molar-refractivity contribution is -0.142. The predicted molar refractivity (Wildman–Crippen MR) is 66.9 cm³/mol. The summed E-state index contributed by atoms with van der Waals surface area (Å²) >= 11 is 0.